The van der Waals surface area contributed by atoms with E-state index in [2.05, 4.69) is 4.98 Å². The minimum Gasteiger partial charge on any atom is -0.322 e. The fraction of sp³-hybridized carbons (Fsp3) is 0.462. The Morgan fingerprint density at radius 3 is 2.65 bits per heavy atom. The molecule has 0 aliphatic rings. The molecule has 0 bridgehead atoms. The van der Waals surface area contributed by atoms with Crippen molar-refractivity contribution < 1.29 is 17.6 Å². The lowest BCUT2D eigenvalue weighted by atomic mass is 10.2. The summed E-state index contributed by atoms with van der Waals surface area (Å²) in [5, 5.41) is 0. The molecule has 20 heavy (non-hydrogen) atoms. The van der Waals surface area contributed by atoms with E-state index in [9.17, 15) is 17.6 Å². The molecule has 7 heteroatoms. The molecule has 0 N–H and O–H groups in total. The van der Waals surface area contributed by atoms with E-state index >= 15 is 0 Å². The normalized spacial score (nSPS) is 12.6. The van der Waals surface area contributed by atoms with Crippen molar-refractivity contribution in [3.63, 3.8) is 0 Å². The van der Waals surface area contributed by atoms with Crippen LogP contribution in [-0.4, -0.2) is 27.8 Å². The molecule has 1 aromatic carbocycles. The maximum Gasteiger partial charge on any atom is 0.324 e. The fourth-order valence-electron chi connectivity index (χ4n) is 2.02. The third-order valence-corrected chi connectivity index (χ3v) is 3.18. The van der Waals surface area contributed by atoms with Crippen molar-refractivity contribution in [1.82, 2.24) is 9.55 Å². The number of benzene rings is 1. The van der Waals surface area contributed by atoms with Crippen LogP contribution in [0.4, 0.5) is 17.6 Å². The van der Waals surface area contributed by atoms with Crippen LogP contribution in [0.5, 0.6) is 0 Å². The highest BCUT2D eigenvalue weighted by atomic mass is 35.5. The summed E-state index contributed by atoms with van der Waals surface area (Å²) in [6.07, 6.45) is -3.47. The van der Waals surface area contributed by atoms with Crippen LogP contribution in [-0.2, 0) is 13.0 Å². The number of hydrogen-bond acceptors (Lipinski definition) is 1. The largest absolute Gasteiger partial charge is 0.324 e. The monoisotopic (exact) mass is 308 g/mol. The summed E-state index contributed by atoms with van der Waals surface area (Å²) in [6.45, 7) is 0.740. The topological polar surface area (TPSA) is 17.8 Å². The number of rotatable bonds is 5. The molecule has 0 atom stereocenters. The highest BCUT2D eigenvalue weighted by Gasteiger charge is 2.41. The highest BCUT2D eigenvalue weighted by Crippen LogP contribution is 2.28. The van der Waals surface area contributed by atoms with Crippen molar-refractivity contribution in [2.24, 2.45) is 0 Å². The van der Waals surface area contributed by atoms with Crippen molar-refractivity contribution in [1.29, 1.82) is 0 Å². The highest BCUT2D eigenvalue weighted by molar-refractivity contribution is 6.17. The van der Waals surface area contributed by atoms with E-state index < -0.39 is 18.9 Å². The summed E-state index contributed by atoms with van der Waals surface area (Å²) in [4.78, 5) is 4.21. The Hall–Kier alpha value is -1.30. The van der Waals surface area contributed by atoms with E-state index in [0.717, 1.165) is 10.1 Å². The third kappa shape index (κ3) is 2.90. The zero-order chi connectivity index (χ0) is 14.9. The molecule has 2 aromatic rings. The molecule has 0 radical (unpaired) electrons. The third-order valence-electron chi connectivity index (χ3n) is 2.99. The number of halogens is 5. The number of hydrogen-bond donors (Lipinski definition) is 0. The van der Waals surface area contributed by atoms with Crippen LogP contribution in [0.3, 0.4) is 0 Å². The second-order valence-corrected chi connectivity index (χ2v) is 4.99. The molecule has 0 amide bonds. The van der Waals surface area contributed by atoms with Gasteiger partial charge in [0.1, 0.15) is 5.82 Å². The van der Waals surface area contributed by atoms with Gasteiger partial charge in [-0.25, -0.2) is 13.8 Å². The Kier molecular flexibility index (Phi) is 4.22. The zero-order valence-electron chi connectivity index (χ0n) is 10.7. The van der Waals surface area contributed by atoms with Crippen LogP contribution >= 0.6 is 11.6 Å². The molecular formula is C13H13ClF4N2. The quantitative estimate of drug-likeness (QED) is 0.602. The van der Waals surface area contributed by atoms with E-state index in [0.29, 0.717) is 16.9 Å². The molecule has 2 nitrogen and oxygen atoms in total. The summed E-state index contributed by atoms with van der Waals surface area (Å²) >= 11 is 5.61. The lowest BCUT2D eigenvalue weighted by Crippen LogP contribution is -2.32. The Bertz CT molecular complexity index is 610. The van der Waals surface area contributed by atoms with E-state index in [1.165, 1.54) is 0 Å². The average Bonchev–Trinajstić information content (AvgIpc) is 2.66. The van der Waals surface area contributed by atoms with Crippen molar-refractivity contribution in [3.05, 3.63) is 29.6 Å². The molecule has 0 unspecified atom stereocenters. The van der Waals surface area contributed by atoms with E-state index in [1.807, 2.05) is 6.92 Å². The average molecular weight is 309 g/mol. The maximum atomic E-state index is 13.3. The Labute approximate surface area is 118 Å². The van der Waals surface area contributed by atoms with Gasteiger partial charge in [0.05, 0.1) is 17.6 Å². The van der Waals surface area contributed by atoms with Gasteiger partial charge in [-0.15, -0.1) is 11.6 Å². The van der Waals surface area contributed by atoms with Crippen LogP contribution in [0.2, 0.25) is 0 Å². The molecule has 0 aliphatic heterocycles. The Morgan fingerprint density at radius 1 is 1.35 bits per heavy atom. The maximum absolute atomic E-state index is 13.3. The van der Waals surface area contributed by atoms with Gasteiger partial charge < -0.3 is 4.57 Å². The second-order valence-electron chi connectivity index (χ2n) is 4.61. The standard InChI is InChI=1S/C13H13ClF4N2/c1-8-2-3-10-9(6-8)19-11(4-5-14)20(10)7-13(17,18)12(15)16/h2-3,6,12H,4-5,7H2,1H3. The van der Waals surface area contributed by atoms with Crippen LogP contribution in [0.25, 0.3) is 11.0 Å². The van der Waals surface area contributed by atoms with Gasteiger partial charge in [0.25, 0.3) is 0 Å². The fourth-order valence-corrected chi connectivity index (χ4v) is 2.19. The van der Waals surface area contributed by atoms with Gasteiger partial charge in [0.2, 0.25) is 0 Å². The van der Waals surface area contributed by atoms with Gasteiger partial charge in [-0.05, 0) is 24.6 Å². The van der Waals surface area contributed by atoms with Crippen LogP contribution in [0.15, 0.2) is 18.2 Å². The SMILES string of the molecule is Cc1ccc2c(c1)nc(CCCl)n2CC(F)(F)C(F)F. The van der Waals surface area contributed by atoms with Crippen molar-refractivity contribution in [2.75, 3.05) is 5.88 Å². The number of nitrogens with zero attached hydrogens (tertiary/aromatic N) is 2. The van der Waals surface area contributed by atoms with E-state index in [1.54, 1.807) is 18.2 Å². The van der Waals surface area contributed by atoms with E-state index in [4.69, 9.17) is 11.6 Å². The van der Waals surface area contributed by atoms with E-state index in [-0.39, 0.29) is 12.3 Å². The number of alkyl halides is 5. The van der Waals surface area contributed by atoms with Gasteiger partial charge >= 0.3 is 12.3 Å². The van der Waals surface area contributed by atoms with Crippen molar-refractivity contribution in [3.8, 4) is 0 Å². The number of aromatic nitrogens is 2. The summed E-state index contributed by atoms with van der Waals surface area (Å²) in [6, 6.07) is 5.06. The summed E-state index contributed by atoms with van der Waals surface area (Å²) in [5.41, 5.74) is 1.84. The van der Waals surface area contributed by atoms with Crippen molar-refractivity contribution >= 4 is 22.6 Å². The van der Waals surface area contributed by atoms with Crippen LogP contribution in [0.1, 0.15) is 11.4 Å². The smallest absolute Gasteiger partial charge is 0.322 e. The number of fused-ring (bicyclic) bond motifs is 1. The molecule has 0 aliphatic carbocycles. The lowest BCUT2D eigenvalue weighted by Gasteiger charge is -2.18. The first-order valence-electron chi connectivity index (χ1n) is 6.03. The minimum absolute atomic E-state index is 0.183. The number of imidazole rings is 1. The molecule has 1 aromatic heterocycles. The minimum atomic E-state index is -4.10. The Balaban J connectivity index is 2.51. The Morgan fingerprint density at radius 2 is 2.05 bits per heavy atom. The van der Waals surface area contributed by atoms with Crippen LogP contribution in [0, 0.1) is 6.92 Å². The number of aryl methyl sites for hydroxylation is 2. The lowest BCUT2D eigenvalue weighted by molar-refractivity contribution is -0.137. The first-order chi connectivity index (χ1) is 9.35. The molecule has 2 rings (SSSR count). The van der Waals surface area contributed by atoms with Crippen LogP contribution < -0.4 is 0 Å². The van der Waals surface area contributed by atoms with Gasteiger partial charge in [-0.1, -0.05) is 6.07 Å². The molecule has 110 valence electrons. The molecule has 0 saturated carbocycles. The molecule has 0 saturated heterocycles. The predicted octanol–water partition coefficient (Wildman–Crippen LogP) is 4.03. The van der Waals surface area contributed by atoms with Gasteiger partial charge in [0.15, 0.2) is 0 Å². The van der Waals surface area contributed by atoms with Gasteiger partial charge in [-0.2, -0.15) is 8.78 Å². The second kappa shape index (κ2) is 5.60. The molecular weight excluding hydrogens is 296 g/mol. The molecule has 0 spiro atoms. The molecule has 1 heterocycles. The van der Waals surface area contributed by atoms with Gasteiger partial charge in [-0.3, -0.25) is 0 Å². The predicted molar refractivity (Wildman–Crippen MR) is 69.8 cm³/mol. The summed E-state index contributed by atoms with van der Waals surface area (Å²) in [7, 11) is 0. The first-order valence-corrected chi connectivity index (χ1v) is 6.56. The van der Waals surface area contributed by atoms with Crippen molar-refractivity contribution in [2.45, 2.75) is 32.2 Å². The summed E-state index contributed by atoms with van der Waals surface area (Å²) < 4.78 is 52.5. The first kappa shape index (κ1) is 15.1. The zero-order valence-corrected chi connectivity index (χ0v) is 11.5. The summed E-state index contributed by atoms with van der Waals surface area (Å²) in [5.74, 6) is -3.62. The molecule has 0 fully saturated rings. The van der Waals surface area contributed by atoms with Gasteiger partial charge in [0, 0.05) is 12.3 Å².